The molecule has 0 amide bonds. The molecule has 1 unspecified atom stereocenters. The predicted molar refractivity (Wildman–Crippen MR) is 73.4 cm³/mol. The molecule has 0 spiro atoms. The number of hydrogen-bond donors (Lipinski definition) is 1. The summed E-state index contributed by atoms with van der Waals surface area (Å²) in [6.45, 7) is 17.1. The van der Waals surface area contributed by atoms with Crippen LogP contribution in [0.1, 0.15) is 48.5 Å². The first-order chi connectivity index (χ1) is 7.72. The quantitative estimate of drug-likeness (QED) is 0.667. The lowest BCUT2D eigenvalue weighted by Gasteiger charge is -2.25. The van der Waals surface area contributed by atoms with Gasteiger partial charge in [-0.25, -0.2) is 0 Å². The van der Waals surface area contributed by atoms with Crippen molar-refractivity contribution in [2.75, 3.05) is 19.8 Å². The third-order valence-corrected chi connectivity index (χ3v) is 2.42. The lowest BCUT2D eigenvalue weighted by Crippen LogP contribution is -2.37. The average molecular weight is 245 g/mol. The van der Waals surface area contributed by atoms with Gasteiger partial charge in [0, 0.05) is 12.6 Å². The first-order valence-electron chi connectivity index (χ1n) is 6.71. The summed E-state index contributed by atoms with van der Waals surface area (Å²) in [4.78, 5) is 0. The summed E-state index contributed by atoms with van der Waals surface area (Å²) in [5, 5.41) is 3.42. The zero-order chi connectivity index (χ0) is 13.5. The second-order valence-corrected chi connectivity index (χ2v) is 6.18. The molecule has 0 heterocycles. The van der Waals surface area contributed by atoms with E-state index >= 15 is 0 Å². The maximum atomic E-state index is 5.86. The number of hydrogen-bond acceptors (Lipinski definition) is 3. The van der Waals surface area contributed by atoms with Crippen LogP contribution in [0.3, 0.4) is 0 Å². The topological polar surface area (TPSA) is 30.5 Å². The molecule has 3 nitrogen and oxygen atoms in total. The van der Waals surface area contributed by atoms with Gasteiger partial charge in [0.15, 0.2) is 0 Å². The van der Waals surface area contributed by atoms with E-state index in [4.69, 9.17) is 9.47 Å². The summed E-state index contributed by atoms with van der Waals surface area (Å²) in [6, 6.07) is 0.505. The Morgan fingerprint density at radius 3 is 2.00 bits per heavy atom. The lowest BCUT2D eigenvalue weighted by molar-refractivity contribution is -0.0597. The Labute approximate surface area is 107 Å². The second kappa shape index (κ2) is 8.06. The molecule has 0 aromatic heterocycles. The molecule has 0 bridgehead atoms. The van der Waals surface area contributed by atoms with Crippen molar-refractivity contribution in [2.45, 2.75) is 66.2 Å². The van der Waals surface area contributed by atoms with E-state index in [2.05, 4.69) is 53.8 Å². The summed E-state index contributed by atoms with van der Waals surface area (Å²) in [7, 11) is 0. The van der Waals surface area contributed by atoms with Gasteiger partial charge in [-0.3, -0.25) is 0 Å². The Morgan fingerprint density at radius 1 is 1.00 bits per heavy atom. The highest BCUT2D eigenvalue weighted by Gasteiger charge is 2.15. The first-order valence-corrected chi connectivity index (χ1v) is 6.71. The minimum atomic E-state index is -0.0765. The van der Waals surface area contributed by atoms with E-state index in [9.17, 15) is 0 Å². The summed E-state index contributed by atoms with van der Waals surface area (Å²) >= 11 is 0. The maximum absolute atomic E-state index is 5.86. The predicted octanol–water partition coefficient (Wildman–Crippen LogP) is 2.84. The van der Waals surface area contributed by atoms with Crippen LogP contribution in [0, 0.1) is 5.92 Å². The van der Waals surface area contributed by atoms with Crippen LogP contribution in [0.15, 0.2) is 0 Å². The number of ether oxygens (including phenoxy) is 2. The zero-order valence-electron chi connectivity index (χ0n) is 12.7. The molecule has 0 aliphatic carbocycles. The van der Waals surface area contributed by atoms with Crippen LogP contribution in [0.25, 0.3) is 0 Å². The van der Waals surface area contributed by atoms with Gasteiger partial charge in [0.05, 0.1) is 24.9 Å². The summed E-state index contributed by atoms with van der Waals surface area (Å²) in [5.74, 6) is 0.524. The van der Waals surface area contributed by atoms with E-state index in [-0.39, 0.29) is 11.7 Å². The molecule has 3 heteroatoms. The third kappa shape index (κ3) is 10.7. The Hall–Kier alpha value is -0.120. The van der Waals surface area contributed by atoms with Crippen molar-refractivity contribution in [2.24, 2.45) is 5.92 Å². The fourth-order valence-corrected chi connectivity index (χ4v) is 1.39. The standard InChI is InChI=1S/C14H31NO2/c1-11(2)13(10-15-12(3)4)16-8-9-17-14(5,6)7/h11-13,15H,8-10H2,1-7H3. The van der Waals surface area contributed by atoms with Crippen LogP contribution in [0.2, 0.25) is 0 Å². The van der Waals surface area contributed by atoms with Crippen LogP contribution in [0.5, 0.6) is 0 Å². The molecule has 0 aliphatic heterocycles. The smallest absolute Gasteiger partial charge is 0.0723 e. The van der Waals surface area contributed by atoms with E-state index in [0.29, 0.717) is 25.2 Å². The molecular weight excluding hydrogens is 214 g/mol. The molecular formula is C14H31NO2. The third-order valence-electron chi connectivity index (χ3n) is 2.42. The Balaban J connectivity index is 3.78. The van der Waals surface area contributed by atoms with Gasteiger partial charge >= 0.3 is 0 Å². The fraction of sp³-hybridized carbons (Fsp3) is 1.00. The van der Waals surface area contributed by atoms with E-state index < -0.39 is 0 Å². The van der Waals surface area contributed by atoms with Crippen LogP contribution in [-0.2, 0) is 9.47 Å². The molecule has 0 aliphatic rings. The Kier molecular flexibility index (Phi) is 8.01. The highest BCUT2D eigenvalue weighted by molar-refractivity contribution is 4.67. The van der Waals surface area contributed by atoms with Gasteiger partial charge in [-0.15, -0.1) is 0 Å². The van der Waals surface area contributed by atoms with E-state index in [1.807, 2.05) is 0 Å². The van der Waals surface area contributed by atoms with Gasteiger partial charge in [0.25, 0.3) is 0 Å². The second-order valence-electron chi connectivity index (χ2n) is 6.18. The van der Waals surface area contributed by atoms with Gasteiger partial charge in [0.1, 0.15) is 0 Å². The molecule has 0 saturated carbocycles. The molecule has 0 fully saturated rings. The van der Waals surface area contributed by atoms with Gasteiger partial charge in [-0.1, -0.05) is 27.7 Å². The lowest BCUT2D eigenvalue weighted by atomic mass is 10.1. The molecule has 0 saturated heterocycles. The molecule has 0 aromatic rings. The minimum absolute atomic E-state index is 0.0765. The van der Waals surface area contributed by atoms with E-state index in [0.717, 1.165) is 6.54 Å². The average Bonchev–Trinajstić information content (AvgIpc) is 2.13. The molecule has 0 radical (unpaired) electrons. The summed E-state index contributed by atoms with van der Waals surface area (Å²) in [5.41, 5.74) is -0.0765. The monoisotopic (exact) mass is 245 g/mol. The van der Waals surface area contributed by atoms with Gasteiger partial charge in [-0.2, -0.15) is 0 Å². The van der Waals surface area contributed by atoms with Gasteiger partial charge < -0.3 is 14.8 Å². The fourth-order valence-electron chi connectivity index (χ4n) is 1.39. The zero-order valence-corrected chi connectivity index (χ0v) is 12.7. The van der Waals surface area contributed by atoms with Crippen molar-refractivity contribution in [1.82, 2.24) is 5.32 Å². The minimum Gasteiger partial charge on any atom is -0.374 e. The van der Waals surface area contributed by atoms with Crippen molar-refractivity contribution < 1.29 is 9.47 Å². The highest BCUT2D eigenvalue weighted by Crippen LogP contribution is 2.08. The van der Waals surface area contributed by atoms with Crippen LogP contribution >= 0.6 is 0 Å². The summed E-state index contributed by atoms with van der Waals surface area (Å²) < 4.78 is 11.5. The van der Waals surface area contributed by atoms with Crippen LogP contribution in [-0.4, -0.2) is 37.5 Å². The van der Waals surface area contributed by atoms with Crippen molar-refractivity contribution >= 4 is 0 Å². The van der Waals surface area contributed by atoms with Crippen molar-refractivity contribution in [3.05, 3.63) is 0 Å². The van der Waals surface area contributed by atoms with Crippen LogP contribution in [0.4, 0.5) is 0 Å². The normalized spacial score (nSPS) is 14.6. The largest absolute Gasteiger partial charge is 0.374 e. The molecule has 0 aromatic carbocycles. The summed E-state index contributed by atoms with van der Waals surface area (Å²) in [6.07, 6.45) is 0.265. The van der Waals surface area contributed by atoms with E-state index in [1.54, 1.807) is 0 Å². The molecule has 1 N–H and O–H groups in total. The first kappa shape index (κ1) is 16.9. The molecule has 104 valence electrons. The SMILES string of the molecule is CC(C)NCC(OCCOC(C)(C)C)C(C)C. The highest BCUT2D eigenvalue weighted by atomic mass is 16.5. The van der Waals surface area contributed by atoms with Crippen molar-refractivity contribution in [1.29, 1.82) is 0 Å². The van der Waals surface area contributed by atoms with Gasteiger partial charge in [0.2, 0.25) is 0 Å². The van der Waals surface area contributed by atoms with Crippen molar-refractivity contribution in [3.8, 4) is 0 Å². The maximum Gasteiger partial charge on any atom is 0.0723 e. The molecule has 17 heavy (non-hydrogen) atoms. The molecule has 1 atom stereocenters. The molecule has 0 rings (SSSR count). The van der Waals surface area contributed by atoms with Crippen molar-refractivity contribution in [3.63, 3.8) is 0 Å². The Morgan fingerprint density at radius 2 is 1.59 bits per heavy atom. The van der Waals surface area contributed by atoms with E-state index in [1.165, 1.54) is 0 Å². The Bertz CT molecular complexity index is 185. The number of nitrogens with one attached hydrogen (secondary N) is 1. The van der Waals surface area contributed by atoms with Gasteiger partial charge in [-0.05, 0) is 26.7 Å². The van der Waals surface area contributed by atoms with Crippen LogP contribution < -0.4 is 5.32 Å². The number of rotatable bonds is 8.